The SMILES string of the molecule is COc1ccc(Br)cc1C(Cc1ccccc1)c1ccc2c(c1)Sc1ccccc1S2. The monoisotopic (exact) mass is 504 g/mol. The van der Waals surface area contributed by atoms with E-state index in [1.807, 2.05) is 29.6 Å². The van der Waals surface area contributed by atoms with Gasteiger partial charge in [0.15, 0.2) is 0 Å². The second-order valence-corrected chi connectivity index (χ2v) is 10.6. The Bertz CT molecular complexity index is 1220. The van der Waals surface area contributed by atoms with Gasteiger partial charge in [-0.15, -0.1) is 0 Å². The van der Waals surface area contributed by atoms with Crippen molar-refractivity contribution in [3.05, 3.63) is 112 Å². The first-order valence-electron chi connectivity index (χ1n) is 10.2. The molecular weight excluding hydrogens is 484 g/mol. The lowest BCUT2D eigenvalue weighted by molar-refractivity contribution is 0.407. The zero-order chi connectivity index (χ0) is 21.2. The number of benzene rings is 4. The molecule has 0 radical (unpaired) electrons. The lowest BCUT2D eigenvalue weighted by atomic mass is 9.85. The Hall–Kier alpha value is -2.14. The highest BCUT2D eigenvalue weighted by atomic mass is 79.9. The summed E-state index contributed by atoms with van der Waals surface area (Å²) < 4.78 is 6.84. The van der Waals surface area contributed by atoms with Crippen LogP contribution < -0.4 is 4.74 Å². The van der Waals surface area contributed by atoms with Crippen LogP contribution in [0.15, 0.2) is 115 Å². The van der Waals surface area contributed by atoms with E-state index in [0.717, 1.165) is 16.6 Å². The summed E-state index contributed by atoms with van der Waals surface area (Å²) >= 11 is 7.39. The highest BCUT2D eigenvalue weighted by molar-refractivity contribution is 9.10. The second-order valence-electron chi connectivity index (χ2n) is 7.49. The van der Waals surface area contributed by atoms with Gasteiger partial charge in [-0.05, 0) is 60.0 Å². The van der Waals surface area contributed by atoms with Crippen molar-refractivity contribution in [3.63, 3.8) is 0 Å². The minimum atomic E-state index is 0.197. The van der Waals surface area contributed by atoms with Crippen molar-refractivity contribution in [2.24, 2.45) is 0 Å². The van der Waals surface area contributed by atoms with Crippen molar-refractivity contribution in [3.8, 4) is 5.75 Å². The number of ether oxygens (including phenoxy) is 1. The van der Waals surface area contributed by atoms with Gasteiger partial charge >= 0.3 is 0 Å². The van der Waals surface area contributed by atoms with Crippen molar-refractivity contribution in [2.45, 2.75) is 31.9 Å². The molecule has 4 aromatic carbocycles. The zero-order valence-electron chi connectivity index (χ0n) is 17.0. The number of hydrogen-bond donors (Lipinski definition) is 0. The first-order valence-corrected chi connectivity index (χ1v) is 12.6. The molecule has 0 amide bonds. The average molecular weight is 506 g/mol. The van der Waals surface area contributed by atoms with E-state index in [1.54, 1.807) is 7.11 Å². The van der Waals surface area contributed by atoms with Gasteiger partial charge in [-0.2, -0.15) is 0 Å². The van der Waals surface area contributed by atoms with Gasteiger partial charge < -0.3 is 4.74 Å². The highest BCUT2D eigenvalue weighted by Gasteiger charge is 2.23. The molecule has 154 valence electrons. The van der Waals surface area contributed by atoms with Crippen LogP contribution in [0.1, 0.15) is 22.6 Å². The molecule has 4 aromatic rings. The molecule has 0 N–H and O–H groups in total. The molecule has 0 bridgehead atoms. The van der Waals surface area contributed by atoms with E-state index in [2.05, 4.69) is 101 Å². The van der Waals surface area contributed by atoms with E-state index in [9.17, 15) is 0 Å². The van der Waals surface area contributed by atoms with Crippen LogP contribution in [0.25, 0.3) is 0 Å². The molecule has 0 aromatic heterocycles. The van der Waals surface area contributed by atoms with Crippen LogP contribution in [-0.4, -0.2) is 7.11 Å². The minimum Gasteiger partial charge on any atom is -0.496 e. The molecule has 1 heterocycles. The molecule has 1 unspecified atom stereocenters. The van der Waals surface area contributed by atoms with Crippen molar-refractivity contribution < 1.29 is 4.74 Å². The van der Waals surface area contributed by atoms with Crippen molar-refractivity contribution in [1.29, 1.82) is 0 Å². The number of methoxy groups -OCH3 is 1. The third-order valence-corrected chi connectivity index (χ3v) is 8.55. The number of hydrogen-bond acceptors (Lipinski definition) is 3. The third-order valence-electron chi connectivity index (χ3n) is 5.51. The molecular formula is C27H21BrOS2. The lowest BCUT2D eigenvalue weighted by Gasteiger charge is -2.24. The maximum Gasteiger partial charge on any atom is 0.122 e. The summed E-state index contributed by atoms with van der Waals surface area (Å²) in [6, 6.07) is 32.6. The first-order chi connectivity index (χ1) is 15.2. The standard InChI is InChI=1S/C27H21BrOS2/c1-29-23-13-12-20(28)17-22(23)21(15-18-7-3-2-4-8-18)19-11-14-26-27(16-19)31-25-10-6-5-9-24(25)30-26/h2-14,16-17,21H,15H2,1H3. The summed E-state index contributed by atoms with van der Waals surface area (Å²) in [5.41, 5.74) is 3.83. The van der Waals surface area contributed by atoms with E-state index >= 15 is 0 Å². The van der Waals surface area contributed by atoms with Gasteiger partial charge in [0.25, 0.3) is 0 Å². The van der Waals surface area contributed by atoms with E-state index in [1.165, 1.54) is 36.3 Å². The van der Waals surface area contributed by atoms with E-state index in [0.29, 0.717) is 0 Å². The quantitative estimate of drug-likeness (QED) is 0.237. The second kappa shape index (κ2) is 9.15. The van der Waals surface area contributed by atoms with Crippen LogP contribution in [0.4, 0.5) is 0 Å². The molecule has 1 atom stereocenters. The van der Waals surface area contributed by atoms with Crippen LogP contribution in [-0.2, 0) is 6.42 Å². The van der Waals surface area contributed by atoms with Crippen LogP contribution in [0.3, 0.4) is 0 Å². The first kappa shape index (κ1) is 20.7. The van der Waals surface area contributed by atoms with Crippen LogP contribution in [0.2, 0.25) is 0 Å². The summed E-state index contributed by atoms with van der Waals surface area (Å²) in [5.74, 6) is 1.12. The molecule has 31 heavy (non-hydrogen) atoms. The minimum absolute atomic E-state index is 0.197. The van der Waals surface area contributed by atoms with E-state index < -0.39 is 0 Å². The fourth-order valence-electron chi connectivity index (χ4n) is 4.00. The Morgan fingerprint density at radius 1 is 0.742 bits per heavy atom. The highest BCUT2D eigenvalue weighted by Crippen LogP contribution is 2.49. The third kappa shape index (κ3) is 4.43. The molecule has 1 aliphatic rings. The molecule has 5 rings (SSSR count). The molecule has 4 heteroatoms. The Kier molecular flexibility index (Phi) is 6.13. The maximum absolute atomic E-state index is 5.77. The summed E-state index contributed by atoms with van der Waals surface area (Å²) in [6.45, 7) is 0. The van der Waals surface area contributed by atoms with Gasteiger partial charge in [0.1, 0.15) is 5.75 Å². The summed E-state index contributed by atoms with van der Waals surface area (Å²) in [7, 11) is 1.75. The van der Waals surface area contributed by atoms with Crippen molar-refractivity contribution >= 4 is 39.5 Å². The summed E-state index contributed by atoms with van der Waals surface area (Å²) in [6.07, 6.45) is 0.917. The predicted octanol–water partition coefficient (Wildman–Crippen LogP) is 8.45. The van der Waals surface area contributed by atoms with Crippen molar-refractivity contribution in [1.82, 2.24) is 0 Å². The van der Waals surface area contributed by atoms with Crippen LogP contribution in [0, 0.1) is 0 Å². The van der Waals surface area contributed by atoms with Crippen molar-refractivity contribution in [2.75, 3.05) is 7.11 Å². The Labute approximate surface area is 200 Å². The molecule has 1 nitrogen and oxygen atoms in total. The number of fused-ring (bicyclic) bond motifs is 2. The fourth-order valence-corrected chi connectivity index (χ4v) is 6.64. The molecule has 1 aliphatic heterocycles. The smallest absolute Gasteiger partial charge is 0.122 e. The topological polar surface area (TPSA) is 9.23 Å². The van der Waals surface area contributed by atoms with E-state index in [-0.39, 0.29) is 5.92 Å². The number of rotatable bonds is 5. The Morgan fingerprint density at radius 3 is 2.16 bits per heavy atom. The molecule has 0 saturated heterocycles. The van der Waals surface area contributed by atoms with Gasteiger partial charge in [0.2, 0.25) is 0 Å². The predicted molar refractivity (Wildman–Crippen MR) is 134 cm³/mol. The molecule has 0 saturated carbocycles. The Morgan fingerprint density at radius 2 is 1.42 bits per heavy atom. The normalized spacial score (nSPS) is 13.2. The van der Waals surface area contributed by atoms with Crippen LogP contribution >= 0.6 is 39.5 Å². The Balaban J connectivity index is 1.58. The molecule has 0 aliphatic carbocycles. The van der Waals surface area contributed by atoms with Gasteiger partial charge in [0.05, 0.1) is 7.11 Å². The zero-order valence-corrected chi connectivity index (χ0v) is 20.3. The van der Waals surface area contributed by atoms with Gasteiger partial charge in [-0.1, -0.05) is 88.0 Å². The van der Waals surface area contributed by atoms with Crippen LogP contribution in [0.5, 0.6) is 5.75 Å². The molecule has 0 fully saturated rings. The molecule has 0 spiro atoms. The van der Waals surface area contributed by atoms with Gasteiger partial charge in [-0.25, -0.2) is 0 Å². The van der Waals surface area contributed by atoms with Gasteiger partial charge in [-0.3, -0.25) is 0 Å². The maximum atomic E-state index is 5.77. The summed E-state index contributed by atoms with van der Waals surface area (Å²) in [5, 5.41) is 0. The largest absolute Gasteiger partial charge is 0.496 e. The van der Waals surface area contributed by atoms with E-state index in [4.69, 9.17) is 4.74 Å². The fraction of sp³-hybridized carbons (Fsp3) is 0.111. The summed E-state index contributed by atoms with van der Waals surface area (Å²) in [4.78, 5) is 5.32. The number of halogens is 1. The average Bonchev–Trinajstić information content (AvgIpc) is 2.81. The lowest BCUT2D eigenvalue weighted by Crippen LogP contribution is -2.08. The van der Waals surface area contributed by atoms with Gasteiger partial charge in [0, 0.05) is 35.5 Å².